The summed E-state index contributed by atoms with van der Waals surface area (Å²) in [7, 11) is 3.85. The molecule has 0 saturated heterocycles. The largest absolute Gasteiger partial charge is 0.508 e. The molecule has 0 aliphatic heterocycles. The number of phenolic OH excluding ortho intramolecular Hbond substituents is 2. The molecule has 1 amide bonds. The number of benzene rings is 2. The minimum atomic E-state index is -0.340. The molecule has 2 rings (SSSR count). The molecule has 6 heteroatoms. The molecule has 0 heterocycles. The van der Waals surface area contributed by atoms with Crippen molar-refractivity contribution in [3.8, 4) is 11.5 Å². The Kier molecular flexibility index (Phi) is 4.85. The van der Waals surface area contributed by atoms with Crippen molar-refractivity contribution < 1.29 is 15.0 Å². The number of nitrogens with one attached hydrogen (secondary N) is 1. The van der Waals surface area contributed by atoms with Crippen LogP contribution in [0.3, 0.4) is 0 Å². The van der Waals surface area contributed by atoms with Gasteiger partial charge in [-0.1, -0.05) is 0 Å². The monoisotopic (exact) mass is 313 g/mol. The molecule has 0 aromatic heterocycles. The van der Waals surface area contributed by atoms with Crippen LogP contribution < -0.4 is 10.3 Å². The van der Waals surface area contributed by atoms with Crippen LogP contribution in [-0.4, -0.2) is 35.9 Å². The lowest BCUT2D eigenvalue weighted by Gasteiger charge is -2.12. The van der Waals surface area contributed by atoms with Gasteiger partial charge in [-0.2, -0.15) is 5.10 Å². The Morgan fingerprint density at radius 3 is 2.30 bits per heavy atom. The molecular weight excluding hydrogens is 294 g/mol. The van der Waals surface area contributed by atoms with E-state index < -0.39 is 0 Å². The number of amides is 1. The van der Waals surface area contributed by atoms with Gasteiger partial charge < -0.3 is 15.1 Å². The van der Waals surface area contributed by atoms with Crippen LogP contribution >= 0.6 is 0 Å². The summed E-state index contributed by atoms with van der Waals surface area (Å²) < 4.78 is 0. The van der Waals surface area contributed by atoms with Crippen molar-refractivity contribution in [2.75, 3.05) is 19.0 Å². The van der Waals surface area contributed by atoms with Gasteiger partial charge in [-0.15, -0.1) is 0 Å². The van der Waals surface area contributed by atoms with E-state index in [1.54, 1.807) is 19.1 Å². The number of rotatable bonds is 4. The highest BCUT2D eigenvalue weighted by Crippen LogP contribution is 2.23. The third-order valence-electron chi connectivity index (χ3n) is 3.34. The summed E-state index contributed by atoms with van der Waals surface area (Å²) in [5.41, 5.74) is 4.80. The summed E-state index contributed by atoms with van der Waals surface area (Å²) >= 11 is 0. The van der Waals surface area contributed by atoms with Crippen LogP contribution in [0.1, 0.15) is 22.8 Å². The van der Waals surface area contributed by atoms with E-state index in [0.717, 1.165) is 5.69 Å². The Morgan fingerprint density at radius 2 is 1.74 bits per heavy atom. The summed E-state index contributed by atoms with van der Waals surface area (Å²) in [5, 5.41) is 23.0. The average molecular weight is 313 g/mol. The third-order valence-corrected chi connectivity index (χ3v) is 3.34. The smallest absolute Gasteiger partial charge is 0.271 e. The first-order chi connectivity index (χ1) is 10.9. The molecule has 23 heavy (non-hydrogen) atoms. The third kappa shape index (κ3) is 4.00. The van der Waals surface area contributed by atoms with Gasteiger partial charge in [0, 0.05) is 37.0 Å². The van der Waals surface area contributed by atoms with Crippen LogP contribution in [0, 0.1) is 0 Å². The highest BCUT2D eigenvalue weighted by Gasteiger charge is 2.08. The first-order valence-electron chi connectivity index (χ1n) is 7.03. The number of hydrazone groups is 1. The van der Waals surface area contributed by atoms with E-state index in [2.05, 4.69) is 10.5 Å². The molecule has 0 spiro atoms. The van der Waals surface area contributed by atoms with E-state index in [9.17, 15) is 15.0 Å². The number of aromatic hydroxyl groups is 2. The van der Waals surface area contributed by atoms with Crippen LogP contribution in [0.15, 0.2) is 47.6 Å². The van der Waals surface area contributed by atoms with Crippen molar-refractivity contribution in [3.63, 3.8) is 0 Å². The molecule has 0 bridgehead atoms. The zero-order chi connectivity index (χ0) is 17.0. The predicted molar refractivity (Wildman–Crippen MR) is 90.2 cm³/mol. The first kappa shape index (κ1) is 16.4. The highest BCUT2D eigenvalue weighted by atomic mass is 16.3. The van der Waals surface area contributed by atoms with E-state index in [4.69, 9.17) is 0 Å². The minimum Gasteiger partial charge on any atom is -0.508 e. The Morgan fingerprint density at radius 1 is 1.09 bits per heavy atom. The minimum absolute atomic E-state index is 0.0379. The molecule has 2 aromatic carbocycles. The molecule has 3 N–H and O–H groups in total. The summed E-state index contributed by atoms with van der Waals surface area (Å²) in [5.74, 6) is -0.479. The summed E-state index contributed by atoms with van der Waals surface area (Å²) in [6, 6.07) is 11.3. The molecular formula is C17H19N3O3. The first-order valence-corrected chi connectivity index (χ1v) is 7.03. The van der Waals surface area contributed by atoms with Gasteiger partial charge in [0.2, 0.25) is 0 Å². The molecule has 0 atom stereocenters. The lowest BCUT2D eigenvalue weighted by Crippen LogP contribution is -2.19. The quantitative estimate of drug-likeness (QED) is 0.597. The van der Waals surface area contributed by atoms with Crippen molar-refractivity contribution in [2.24, 2.45) is 5.10 Å². The van der Waals surface area contributed by atoms with Gasteiger partial charge in [0.15, 0.2) is 0 Å². The second kappa shape index (κ2) is 6.83. The van der Waals surface area contributed by atoms with Crippen LogP contribution in [0.2, 0.25) is 0 Å². The normalized spacial score (nSPS) is 11.2. The molecule has 0 radical (unpaired) electrons. The van der Waals surface area contributed by atoms with Crippen LogP contribution in [0.25, 0.3) is 0 Å². The van der Waals surface area contributed by atoms with E-state index in [0.29, 0.717) is 16.8 Å². The van der Waals surface area contributed by atoms with Crippen LogP contribution in [0.5, 0.6) is 11.5 Å². The molecule has 2 aromatic rings. The van der Waals surface area contributed by atoms with E-state index >= 15 is 0 Å². The second-order valence-electron chi connectivity index (χ2n) is 5.28. The SMILES string of the molecule is CC(=NNC(=O)c1ccc(N(C)C)cc1)c1ccc(O)cc1O. The number of phenols is 2. The summed E-state index contributed by atoms with van der Waals surface area (Å²) in [6.45, 7) is 1.65. The molecule has 0 aliphatic carbocycles. The predicted octanol–water partition coefficient (Wildman–Crippen LogP) is 2.32. The topological polar surface area (TPSA) is 85.2 Å². The fourth-order valence-electron chi connectivity index (χ4n) is 2.00. The van der Waals surface area contributed by atoms with Gasteiger partial charge in [-0.25, -0.2) is 5.43 Å². The van der Waals surface area contributed by atoms with Gasteiger partial charge >= 0.3 is 0 Å². The van der Waals surface area contributed by atoms with Crippen molar-refractivity contribution in [1.29, 1.82) is 0 Å². The Balaban J connectivity index is 2.10. The molecule has 0 aliphatic rings. The van der Waals surface area contributed by atoms with Crippen molar-refractivity contribution in [3.05, 3.63) is 53.6 Å². The maximum Gasteiger partial charge on any atom is 0.271 e. The van der Waals surface area contributed by atoms with Crippen LogP contribution in [0.4, 0.5) is 5.69 Å². The van der Waals surface area contributed by atoms with E-state index in [1.807, 2.05) is 31.1 Å². The second-order valence-corrected chi connectivity index (χ2v) is 5.28. The number of anilines is 1. The lowest BCUT2D eigenvalue weighted by molar-refractivity contribution is 0.0955. The molecule has 0 fully saturated rings. The summed E-state index contributed by atoms with van der Waals surface area (Å²) in [6.07, 6.45) is 0. The summed E-state index contributed by atoms with van der Waals surface area (Å²) in [4.78, 5) is 14.0. The number of hydrogen-bond donors (Lipinski definition) is 3. The Labute approximate surface area is 134 Å². The Bertz CT molecular complexity index is 737. The maximum atomic E-state index is 12.1. The van der Waals surface area contributed by atoms with Gasteiger partial charge in [-0.3, -0.25) is 4.79 Å². The van der Waals surface area contributed by atoms with E-state index in [1.165, 1.54) is 18.2 Å². The number of carbonyl (C=O) groups is 1. The van der Waals surface area contributed by atoms with E-state index in [-0.39, 0.29) is 17.4 Å². The van der Waals surface area contributed by atoms with Crippen molar-refractivity contribution in [1.82, 2.24) is 5.43 Å². The molecule has 120 valence electrons. The van der Waals surface area contributed by atoms with Gasteiger partial charge in [0.05, 0.1) is 5.71 Å². The fourth-order valence-corrected chi connectivity index (χ4v) is 2.00. The molecule has 0 saturated carbocycles. The zero-order valence-corrected chi connectivity index (χ0v) is 13.2. The van der Waals surface area contributed by atoms with Gasteiger partial charge in [0.25, 0.3) is 5.91 Å². The molecule has 0 unspecified atom stereocenters. The molecule has 6 nitrogen and oxygen atoms in total. The Hall–Kier alpha value is -3.02. The fraction of sp³-hybridized carbons (Fsp3) is 0.176. The van der Waals surface area contributed by atoms with Crippen molar-refractivity contribution >= 4 is 17.3 Å². The van der Waals surface area contributed by atoms with Gasteiger partial charge in [-0.05, 0) is 43.3 Å². The number of nitrogens with zero attached hydrogens (tertiary/aromatic N) is 2. The highest BCUT2D eigenvalue weighted by molar-refractivity contribution is 6.02. The lowest BCUT2D eigenvalue weighted by atomic mass is 10.1. The van der Waals surface area contributed by atoms with Gasteiger partial charge in [0.1, 0.15) is 11.5 Å². The van der Waals surface area contributed by atoms with Crippen LogP contribution in [-0.2, 0) is 0 Å². The maximum absolute atomic E-state index is 12.1. The zero-order valence-electron chi connectivity index (χ0n) is 13.2. The average Bonchev–Trinajstić information content (AvgIpc) is 2.52. The van der Waals surface area contributed by atoms with Crippen molar-refractivity contribution in [2.45, 2.75) is 6.92 Å². The number of hydrogen-bond acceptors (Lipinski definition) is 5. The number of carbonyl (C=O) groups excluding carboxylic acids is 1. The standard InChI is InChI=1S/C17H19N3O3/c1-11(15-9-8-14(21)10-16(15)22)18-19-17(23)12-4-6-13(7-5-12)20(2)3/h4-10,21-22H,1-3H3,(H,19,23).